The van der Waals surface area contributed by atoms with E-state index in [0.717, 1.165) is 20.9 Å². The standard InChI is InChI=1S/C21H13Cl2NO3S/c22-14-6-8-16-17(10-14)28-20(19(16)23)21(26)27-11-18(25)24-15-7-5-12-3-1-2-4-13(12)9-15/h1-10H,11H2,(H,24,25). The van der Waals surface area contributed by atoms with Crippen LogP contribution in [0.4, 0.5) is 5.69 Å². The van der Waals surface area contributed by atoms with Crippen LogP contribution in [0.5, 0.6) is 0 Å². The number of thiophene rings is 1. The molecule has 4 nitrogen and oxygen atoms in total. The highest BCUT2D eigenvalue weighted by Gasteiger charge is 2.19. The van der Waals surface area contributed by atoms with Gasteiger partial charge in [0.25, 0.3) is 5.91 Å². The average Bonchev–Trinajstić information content (AvgIpc) is 3.02. The van der Waals surface area contributed by atoms with E-state index in [1.54, 1.807) is 24.3 Å². The van der Waals surface area contributed by atoms with Gasteiger partial charge in [-0.3, -0.25) is 4.79 Å². The lowest BCUT2D eigenvalue weighted by Gasteiger charge is -2.07. The Morgan fingerprint density at radius 2 is 1.75 bits per heavy atom. The van der Waals surface area contributed by atoms with Crippen LogP contribution in [-0.4, -0.2) is 18.5 Å². The first-order valence-electron chi connectivity index (χ1n) is 8.34. The summed E-state index contributed by atoms with van der Waals surface area (Å²) < 4.78 is 5.91. The van der Waals surface area contributed by atoms with Crippen LogP contribution < -0.4 is 5.32 Å². The number of carbonyl (C=O) groups excluding carboxylic acids is 2. The molecule has 0 aliphatic rings. The number of esters is 1. The third-order valence-electron chi connectivity index (χ3n) is 4.14. The zero-order valence-electron chi connectivity index (χ0n) is 14.4. The summed E-state index contributed by atoms with van der Waals surface area (Å²) in [4.78, 5) is 24.7. The second kappa shape index (κ2) is 7.80. The van der Waals surface area contributed by atoms with Gasteiger partial charge in [0.05, 0.1) is 5.02 Å². The number of hydrogen-bond acceptors (Lipinski definition) is 4. The topological polar surface area (TPSA) is 55.4 Å². The molecule has 0 radical (unpaired) electrons. The molecular weight excluding hydrogens is 417 g/mol. The summed E-state index contributed by atoms with van der Waals surface area (Å²) in [6, 6.07) is 18.6. The number of amides is 1. The van der Waals surface area contributed by atoms with Gasteiger partial charge in [-0.1, -0.05) is 59.6 Å². The SMILES string of the molecule is O=C(COC(=O)c1sc2cc(Cl)ccc2c1Cl)Nc1ccc2ccccc2c1. The number of fused-ring (bicyclic) bond motifs is 2. The van der Waals surface area contributed by atoms with Crippen molar-refractivity contribution in [3.05, 3.63) is 75.6 Å². The molecule has 0 spiro atoms. The lowest BCUT2D eigenvalue weighted by atomic mass is 10.1. The lowest BCUT2D eigenvalue weighted by molar-refractivity contribution is -0.119. The second-order valence-electron chi connectivity index (χ2n) is 6.07. The first-order chi connectivity index (χ1) is 13.5. The van der Waals surface area contributed by atoms with Crippen LogP contribution in [0, 0.1) is 0 Å². The monoisotopic (exact) mass is 429 g/mol. The fourth-order valence-corrected chi connectivity index (χ4v) is 4.51. The van der Waals surface area contributed by atoms with Crippen LogP contribution in [0.2, 0.25) is 10.0 Å². The summed E-state index contributed by atoms with van der Waals surface area (Å²) in [6.07, 6.45) is 0. The van der Waals surface area contributed by atoms with Gasteiger partial charge in [-0.15, -0.1) is 11.3 Å². The van der Waals surface area contributed by atoms with Crippen molar-refractivity contribution >= 4 is 73.0 Å². The molecule has 1 N–H and O–H groups in total. The van der Waals surface area contributed by atoms with Crippen LogP contribution in [0.15, 0.2) is 60.7 Å². The molecule has 4 rings (SSSR count). The van der Waals surface area contributed by atoms with Gasteiger partial charge in [0, 0.05) is 20.8 Å². The van der Waals surface area contributed by atoms with Gasteiger partial charge >= 0.3 is 5.97 Å². The van der Waals surface area contributed by atoms with Crippen LogP contribution in [-0.2, 0) is 9.53 Å². The first kappa shape index (κ1) is 18.7. The lowest BCUT2D eigenvalue weighted by Crippen LogP contribution is -2.20. The molecule has 1 aromatic heterocycles. The molecular formula is C21H13Cl2NO3S. The molecule has 0 fully saturated rings. The smallest absolute Gasteiger partial charge is 0.350 e. The molecule has 0 saturated heterocycles. The highest BCUT2D eigenvalue weighted by Crippen LogP contribution is 2.37. The molecule has 0 bridgehead atoms. The Hall–Kier alpha value is -2.60. The number of hydrogen-bond donors (Lipinski definition) is 1. The highest BCUT2D eigenvalue weighted by molar-refractivity contribution is 7.21. The van der Waals surface area contributed by atoms with Gasteiger partial charge in [-0.2, -0.15) is 0 Å². The average molecular weight is 430 g/mol. The Morgan fingerprint density at radius 3 is 2.57 bits per heavy atom. The molecule has 0 aliphatic carbocycles. The normalized spacial score (nSPS) is 10.9. The van der Waals surface area contributed by atoms with E-state index in [1.165, 1.54) is 11.3 Å². The van der Waals surface area contributed by atoms with Crippen molar-refractivity contribution in [3.63, 3.8) is 0 Å². The minimum Gasteiger partial charge on any atom is -0.451 e. The van der Waals surface area contributed by atoms with Crippen molar-refractivity contribution in [3.8, 4) is 0 Å². The molecule has 0 aliphatic heterocycles. The molecule has 7 heteroatoms. The molecule has 1 heterocycles. The van der Waals surface area contributed by atoms with E-state index in [2.05, 4.69) is 5.32 Å². The van der Waals surface area contributed by atoms with Crippen LogP contribution in [0.1, 0.15) is 9.67 Å². The number of rotatable bonds is 4. The second-order valence-corrected chi connectivity index (χ2v) is 7.94. The van der Waals surface area contributed by atoms with E-state index in [0.29, 0.717) is 15.7 Å². The number of halogens is 2. The Labute approximate surface area is 174 Å². The van der Waals surface area contributed by atoms with E-state index < -0.39 is 18.5 Å². The zero-order chi connectivity index (χ0) is 19.7. The van der Waals surface area contributed by atoms with E-state index in [4.69, 9.17) is 27.9 Å². The summed E-state index contributed by atoms with van der Waals surface area (Å²) >= 11 is 13.4. The van der Waals surface area contributed by atoms with Crippen molar-refractivity contribution in [2.75, 3.05) is 11.9 Å². The Bertz CT molecular complexity index is 1220. The fourth-order valence-electron chi connectivity index (χ4n) is 2.83. The summed E-state index contributed by atoms with van der Waals surface area (Å²) in [5, 5.41) is 6.39. The Morgan fingerprint density at radius 1 is 0.964 bits per heavy atom. The number of anilines is 1. The summed E-state index contributed by atoms with van der Waals surface area (Å²) in [5.41, 5.74) is 0.634. The van der Waals surface area contributed by atoms with Crippen molar-refractivity contribution in [2.45, 2.75) is 0 Å². The van der Waals surface area contributed by atoms with Gasteiger partial charge in [0.15, 0.2) is 6.61 Å². The fraction of sp³-hybridized carbons (Fsp3) is 0.0476. The van der Waals surface area contributed by atoms with Gasteiger partial charge in [-0.25, -0.2) is 4.79 Å². The van der Waals surface area contributed by atoms with Crippen molar-refractivity contribution in [1.82, 2.24) is 0 Å². The molecule has 140 valence electrons. The third kappa shape index (κ3) is 3.83. The molecule has 1 amide bonds. The summed E-state index contributed by atoms with van der Waals surface area (Å²) in [7, 11) is 0. The molecule has 0 unspecified atom stereocenters. The summed E-state index contributed by atoms with van der Waals surface area (Å²) in [6.45, 7) is -0.406. The number of benzene rings is 3. The minimum atomic E-state index is -0.643. The van der Waals surface area contributed by atoms with Crippen LogP contribution in [0.3, 0.4) is 0 Å². The van der Waals surface area contributed by atoms with Crippen LogP contribution >= 0.6 is 34.5 Å². The zero-order valence-corrected chi connectivity index (χ0v) is 16.7. The van der Waals surface area contributed by atoms with Gasteiger partial charge in [0.2, 0.25) is 0 Å². The maximum atomic E-state index is 12.3. The predicted molar refractivity (Wildman–Crippen MR) is 115 cm³/mol. The quantitative estimate of drug-likeness (QED) is 0.395. The predicted octanol–water partition coefficient (Wildman–Crippen LogP) is 6.16. The first-order valence-corrected chi connectivity index (χ1v) is 9.92. The van der Waals surface area contributed by atoms with Crippen molar-refractivity contribution in [1.29, 1.82) is 0 Å². The van der Waals surface area contributed by atoms with E-state index >= 15 is 0 Å². The van der Waals surface area contributed by atoms with Gasteiger partial charge in [-0.05, 0) is 35.0 Å². The Balaban J connectivity index is 1.42. The molecule has 28 heavy (non-hydrogen) atoms. The van der Waals surface area contributed by atoms with E-state index in [-0.39, 0.29) is 4.88 Å². The van der Waals surface area contributed by atoms with Gasteiger partial charge < -0.3 is 10.1 Å². The molecule has 3 aromatic carbocycles. The molecule has 4 aromatic rings. The summed E-state index contributed by atoms with van der Waals surface area (Å²) in [5.74, 6) is -1.07. The number of ether oxygens (including phenoxy) is 1. The number of nitrogens with one attached hydrogen (secondary N) is 1. The maximum Gasteiger partial charge on any atom is 0.350 e. The molecule has 0 atom stereocenters. The maximum absolute atomic E-state index is 12.3. The Kier molecular flexibility index (Phi) is 5.22. The van der Waals surface area contributed by atoms with Crippen molar-refractivity contribution < 1.29 is 14.3 Å². The minimum absolute atomic E-state index is 0.248. The highest BCUT2D eigenvalue weighted by atomic mass is 35.5. The molecule has 0 saturated carbocycles. The van der Waals surface area contributed by atoms with Crippen LogP contribution in [0.25, 0.3) is 20.9 Å². The van der Waals surface area contributed by atoms with Crippen molar-refractivity contribution in [2.24, 2.45) is 0 Å². The number of carbonyl (C=O) groups is 2. The van der Waals surface area contributed by atoms with E-state index in [9.17, 15) is 9.59 Å². The van der Waals surface area contributed by atoms with Gasteiger partial charge in [0.1, 0.15) is 4.88 Å². The third-order valence-corrected chi connectivity index (χ3v) is 6.02. The largest absolute Gasteiger partial charge is 0.451 e. The van der Waals surface area contributed by atoms with E-state index in [1.807, 2.05) is 36.4 Å².